The first-order chi connectivity index (χ1) is 16.7. The fraction of sp³-hybridized carbons (Fsp3) is 0.154. The number of amides is 1. The zero-order valence-electron chi connectivity index (χ0n) is 19.3. The van der Waals surface area contributed by atoms with E-state index in [1.165, 1.54) is 25.3 Å². The Balaban J connectivity index is 1.80. The molecule has 9 heteroatoms. The van der Waals surface area contributed by atoms with E-state index in [1.807, 2.05) is 32.0 Å². The van der Waals surface area contributed by atoms with E-state index in [-0.39, 0.29) is 28.6 Å². The molecule has 0 aliphatic heterocycles. The standard InChI is InChI=1S/C26H22ClN3O5/c1-16-4-9-23(17(2)10-16)29-26(31)20(14-28)11-19-12-22(27)25(24(13-19)34-3)35-15-18-5-7-21(8-6-18)30(32)33/h4-13H,15H2,1-3H3,(H,29,31)/b20-11+. The maximum Gasteiger partial charge on any atom is 0.269 e. The summed E-state index contributed by atoms with van der Waals surface area (Å²) in [5, 5.41) is 23.3. The Morgan fingerprint density at radius 2 is 1.89 bits per heavy atom. The number of methoxy groups -OCH3 is 1. The van der Waals surface area contributed by atoms with Crippen molar-refractivity contribution in [1.82, 2.24) is 0 Å². The number of rotatable bonds is 8. The first-order valence-electron chi connectivity index (χ1n) is 10.5. The number of nitrogens with zero attached hydrogens (tertiary/aromatic N) is 2. The Hall–Kier alpha value is -4.35. The molecule has 8 nitrogen and oxygen atoms in total. The summed E-state index contributed by atoms with van der Waals surface area (Å²) in [5.41, 5.74) is 3.61. The molecule has 0 atom stereocenters. The number of aryl methyl sites for hydroxylation is 2. The number of carbonyl (C=O) groups is 1. The lowest BCUT2D eigenvalue weighted by Crippen LogP contribution is -2.14. The molecule has 35 heavy (non-hydrogen) atoms. The molecule has 0 saturated carbocycles. The number of benzene rings is 3. The van der Waals surface area contributed by atoms with Gasteiger partial charge in [0.2, 0.25) is 0 Å². The molecule has 0 spiro atoms. The number of nitriles is 1. The average Bonchev–Trinajstić information content (AvgIpc) is 2.83. The molecule has 1 amide bonds. The number of hydrogen-bond donors (Lipinski definition) is 1. The summed E-state index contributed by atoms with van der Waals surface area (Å²) in [5.74, 6) is 0.0219. The number of nitro benzene ring substituents is 1. The Morgan fingerprint density at radius 1 is 1.17 bits per heavy atom. The number of carbonyl (C=O) groups excluding carboxylic acids is 1. The first-order valence-corrected chi connectivity index (χ1v) is 10.8. The molecule has 0 aliphatic carbocycles. The summed E-state index contributed by atoms with van der Waals surface area (Å²) < 4.78 is 11.2. The second kappa shape index (κ2) is 11.2. The number of hydrogen-bond acceptors (Lipinski definition) is 6. The zero-order chi connectivity index (χ0) is 25.5. The summed E-state index contributed by atoms with van der Waals surface area (Å²) in [4.78, 5) is 23.0. The number of ether oxygens (including phenoxy) is 2. The van der Waals surface area contributed by atoms with Crippen LogP contribution >= 0.6 is 11.6 Å². The quantitative estimate of drug-likeness (QED) is 0.179. The molecular weight excluding hydrogens is 470 g/mol. The molecule has 0 saturated heterocycles. The van der Waals surface area contributed by atoms with Crippen LogP contribution in [0.4, 0.5) is 11.4 Å². The van der Waals surface area contributed by atoms with E-state index in [2.05, 4.69) is 5.32 Å². The van der Waals surface area contributed by atoms with E-state index >= 15 is 0 Å². The lowest BCUT2D eigenvalue weighted by molar-refractivity contribution is -0.384. The third-order valence-electron chi connectivity index (χ3n) is 5.09. The molecule has 0 unspecified atom stereocenters. The van der Waals surface area contributed by atoms with Crippen LogP contribution in [-0.2, 0) is 11.4 Å². The van der Waals surface area contributed by atoms with Crippen LogP contribution in [0, 0.1) is 35.3 Å². The van der Waals surface area contributed by atoms with Gasteiger partial charge in [0.1, 0.15) is 18.2 Å². The number of anilines is 1. The number of halogens is 1. The Bertz CT molecular complexity index is 1340. The van der Waals surface area contributed by atoms with Gasteiger partial charge in [-0.3, -0.25) is 14.9 Å². The molecule has 3 aromatic rings. The summed E-state index contributed by atoms with van der Waals surface area (Å²) in [7, 11) is 1.44. The van der Waals surface area contributed by atoms with Crippen LogP contribution in [-0.4, -0.2) is 17.9 Å². The Morgan fingerprint density at radius 3 is 2.49 bits per heavy atom. The van der Waals surface area contributed by atoms with E-state index in [0.29, 0.717) is 22.6 Å². The molecule has 0 heterocycles. The van der Waals surface area contributed by atoms with Crippen molar-refractivity contribution in [2.24, 2.45) is 0 Å². The van der Waals surface area contributed by atoms with Gasteiger partial charge in [0.05, 0.1) is 17.1 Å². The van der Waals surface area contributed by atoms with Gasteiger partial charge >= 0.3 is 0 Å². The molecular formula is C26H22ClN3O5. The lowest BCUT2D eigenvalue weighted by atomic mass is 10.1. The minimum atomic E-state index is -0.548. The summed E-state index contributed by atoms with van der Waals surface area (Å²) in [6, 6.07) is 16.6. The monoisotopic (exact) mass is 491 g/mol. The van der Waals surface area contributed by atoms with Crippen molar-refractivity contribution >= 4 is 35.0 Å². The third kappa shape index (κ3) is 6.37. The first kappa shape index (κ1) is 25.3. The van der Waals surface area contributed by atoms with Gasteiger partial charge in [0.25, 0.3) is 11.6 Å². The Kier molecular flexibility index (Phi) is 8.08. The highest BCUT2D eigenvalue weighted by atomic mass is 35.5. The second-order valence-corrected chi connectivity index (χ2v) is 8.10. The summed E-state index contributed by atoms with van der Waals surface area (Å²) >= 11 is 6.41. The highest BCUT2D eigenvalue weighted by molar-refractivity contribution is 6.32. The maximum absolute atomic E-state index is 12.7. The van der Waals surface area contributed by atoms with Gasteiger partial charge in [0.15, 0.2) is 11.5 Å². The molecule has 1 N–H and O–H groups in total. The van der Waals surface area contributed by atoms with Crippen molar-refractivity contribution in [1.29, 1.82) is 5.26 Å². The fourth-order valence-electron chi connectivity index (χ4n) is 3.29. The minimum Gasteiger partial charge on any atom is -0.493 e. The van der Waals surface area contributed by atoms with Gasteiger partial charge in [-0.2, -0.15) is 5.26 Å². The van der Waals surface area contributed by atoms with Gasteiger partial charge in [-0.15, -0.1) is 0 Å². The van der Waals surface area contributed by atoms with E-state index < -0.39 is 10.8 Å². The number of nitro groups is 1. The molecule has 0 aliphatic rings. The molecule has 0 radical (unpaired) electrons. The summed E-state index contributed by atoms with van der Waals surface area (Å²) in [6.07, 6.45) is 1.41. The van der Waals surface area contributed by atoms with E-state index in [9.17, 15) is 20.2 Å². The normalized spacial score (nSPS) is 10.9. The third-order valence-corrected chi connectivity index (χ3v) is 5.37. The van der Waals surface area contributed by atoms with Gasteiger partial charge < -0.3 is 14.8 Å². The highest BCUT2D eigenvalue weighted by Gasteiger charge is 2.15. The molecule has 178 valence electrons. The van der Waals surface area contributed by atoms with Crippen LogP contribution < -0.4 is 14.8 Å². The van der Waals surface area contributed by atoms with Crippen LogP contribution in [0.3, 0.4) is 0 Å². The second-order valence-electron chi connectivity index (χ2n) is 7.69. The predicted molar refractivity (Wildman–Crippen MR) is 134 cm³/mol. The van der Waals surface area contributed by atoms with E-state index in [0.717, 1.165) is 11.1 Å². The molecule has 3 rings (SSSR count). The van der Waals surface area contributed by atoms with Crippen LogP contribution in [0.2, 0.25) is 5.02 Å². The minimum absolute atomic E-state index is 0.0182. The zero-order valence-corrected chi connectivity index (χ0v) is 20.1. The van der Waals surface area contributed by atoms with Crippen molar-refractivity contribution in [2.45, 2.75) is 20.5 Å². The van der Waals surface area contributed by atoms with E-state index in [4.69, 9.17) is 21.1 Å². The van der Waals surface area contributed by atoms with Gasteiger partial charge in [-0.05, 0) is 66.9 Å². The van der Waals surface area contributed by atoms with Gasteiger partial charge in [0, 0.05) is 17.8 Å². The number of non-ortho nitro benzene ring substituents is 1. The Labute approximate surface area is 207 Å². The van der Waals surface area contributed by atoms with Crippen LogP contribution in [0.1, 0.15) is 22.3 Å². The van der Waals surface area contributed by atoms with Crippen molar-refractivity contribution in [2.75, 3.05) is 12.4 Å². The molecule has 0 bridgehead atoms. The van der Waals surface area contributed by atoms with Crippen molar-refractivity contribution < 1.29 is 19.2 Å². The van der Waals surface area contributed by atoms with Crippen molar-refractivity contribution in [3.8, 4) is 17.6 Å². The largest absolute Gasteiger partial charge is 0.493 e. The van der Waals surface area contributed by atoms with Crippen LogP contribution in [0.25, 0.3) is 6.08 Å². The van der Waals surface area contributed by atoms with Gasteiger partial charge in [-0.25, -0.2) is 0 Å². The van der Waals surface area contributed by atoms with Crippen molar-refractivity contribution in [3.05, 3.63) is 97.6 Å². The fourth-order valence-corrected chi connectivity index (χ4v) is 3.57. The molecule has 3 aromatic carbocycles. The van der Waals surface area contributed by atoms with E-state index in [1.54, 1.807) is 30.3 Å². The van der Waals surface area contributed by atoms with Gasteiger partial charge in [-0.1, -0.05) is 29.3 Å². The smallest absolute Gasteiger partial charge is 0.269 e. The SMILES string of the molecule is COc1cc(/C=C(\C#N)C(=O)Nc2ccc(C)cc2C)cc(Cl)c1OCc1ccc([N+](=O)[O-])cc1. The van der Waals surface area contributed by atoms with Crippen molar-refractivity contribution in [3.63, 3.8) is 0 Å². The maximum atomic E-state index is 12.7. The lowest BCUT2D eigenvalue weighted by Gasteiger charge is -2.14. The molecule has 0 aromatic heterocycles. The highest BCUT2D eigenvalue weighted by Crippen LogP contribution is 2.37. The van der Waals surface area contributed by atoms with Crippen LogP contribution in [0.15, 0.2) is 60.2 Å². The summed E-state index contributed by atoms with van der Waals surface area (Å²) in [6.45, 7) is 3.93. The average molecular weight is 492 g/mol. The topological polar surface area (TPSA) is 114 Å². The predicted octanol–water partition coefficient (Wildman–Crippen LogP) is 6.00. The number of nitrogens with one attached hydrogen (secondary N) is 1. The molecule has 0 fully saturated rings. The van der Waals surface area contributed by atoms with Crippen LogP contribution in [0.5, 0.6) is 11.5 Å².